The number of carbonyl (C=O) groups excluding carboxylic acids is 1. The molecule has 90 valence electrons. The van der Waals surface area contributed by atoms with Crippen molar-refractivity contribution in [1.82, 2.24) is 0 Å². The second-order valence-corrected chi connectivity index (χ2v) is 4.03. The van der Waals surface area contributed by atoms with Crippen LogP contribution in [-0.2, 0) is 4.79 Å². The van der Waals surface area contributed by atoms with Crippen LogP contribution >= 0.6 is 0 Å². The maximum absolute atomic E-state index is 12.9. The van der Waals surface area contributed by atoms with Gasteiger partial charge < -0.3 is 11.1 Å². The Morgan fingerprint density at radius 1 is 1.65 bits per heavy atom. The zero-order chi connectivity index (χ0) is 13.1. The average molecular weight is 235 g/mol. The van der Waals surface area contributed by atoms with Gasteiger partial charge in [0, 0.05) is 0 Å². The Kier molecular flexibility index (Phi) is 3.81. The standard InChI is InChI=1S/C12H14FN3O/c1-3-12(2,15)11(17)16-10-5-4-9(13)6-8(10)7-14/h4-6H,3,15H2,1-2H3,(H,16,17). The summed E-state index contributed by atoms with van der Waals surface area (Å²) in [6.45, 7) is 3.38. The molecule has 0 fully saturated rings. The van der Waals surface area contributed by atoms with Crippen LogP contribution in [0, 0.1) is 17.1 Å². The summed E-state index contributed by atoms with van der Waals surface area (Å²) in [6, 6.07) is 5.40. The minimum Gasteiger partial charge on any atom is -0.323 e. The lowest BCUT2D eigenvalue weighted by Crippen LogP contribution is -2.47. The molecule has 1 aromatic rings. The summed E-state index contributed by atoms with van der Waals surface area (Å²) in [5, 5.41) is 11.3. The molecule has 1 unspecified atom stereocenters. The molecular formula is C12H14FN3O. The summed E-state index contributed by atoms with van der Waals surface area (Å²) in [5.74, 6) is -0.923. The zero-order valence-corrected chi connectivity index (χ0v) is 9.75. The third kappa shape index (κ3) is 3.02. The van der Waals surface area contributed by atoms with Crippen molar-refractivity contribution in [2.24, 2.45) is 5.73 Å². The van der Waals surface area contributed by atoms with Crippen molar-refractivity contribution in [2.45, 2.75) is 25.8 Å². The fourth-order valence-electron chi connectivity index (χ4n) is 1.14. The summed E-state index contributed by atoms with van der Waals surface area (Å²) in [7, 11) is 0. The zero-order valence-electron chi connectivity index (χ0n) is 9.75. The van der Waals surface area contributed by atoms with Crippen LogP contribution in [0.5, 0.6) is 0 Å². The molecule has 0 aromatic heterocycles. The first kappa shape index (κ1) is 13.1. The van der Waals surface area contributed by atoms with E-state index in [0.29, 0.717) is 6.42 Å². The van der Waals surface area contributed by atoms with E-state index in [-0.39, 0.29) is 11.3 Å². The summed E-state index contributed by atoms with van der Waals surface area (Å²) < 4.78 is 12.9. The molecule has 0 radical (unpaired) electrons. The fraction of sp³-hybridized carbons (Fsp3) is 0.333. The monoisotopic (exact) mass is 235 g/mol. The second kappa shape index (κ2) is 4.93. The van der Waals surface area contributed by atoms with Crippen LogP contribution in [0.1, 0.15) is 25.8 Å². The smallest absolute Gasteiger partial charge is 0.244 e. The van der Waals surface area contributed by atoms with Gasteiger partial charge >= 0.3 is 0 Å². The van der Waals surface area contributed by atoms with Crippen LogP contribution in [0.2, 0.25) is 0 Å². The van der Waals surface area contributed by atoms with Gasteiger partial charge in [-0.1, -0.05) is 6.92 Å². The van der Waals surface area contributed by atoms with Crippen molar-refractivity contribution < 1.29 is 9.18 Å². The fourth-order valence-corrected chi connectivity index (χ4v) is 1.14. The molecular weight excluding hydrogens is 221 g/mol. The predicted molar refractivity (Wildman–Crippen MR) is 62.6 cm³/mol. The highest BCUT2D eigenvalue weighted by Gasteiger charge is 2.26. The van der Waals surface area contributed by atoms with Crippen LogP contribution in [0.15, 0.2) is 18.2 Å². The molecule has 5 heteroatoms. The number of nitrogens with zero attached hydrogens (tertiary/aromatic N) is 1. The molecule has 4 nitrogen and oxygen atoms in total. The summed E-state index contributed by atoms with van der Waals surface area (Å²) in [4.78, 5) is 11.8. The van der Waals surface area contributed by atoms with E-state index in [9.17, 15) is 9.18 Å². The highest BCUT2D eigenvalue weighted by Crippen LogP contribution is 2.18. The second-order valence-electron chi connectivity index (χ2n) is 4.03. The van der Waals surface area contributed by atoms with Crippen molar-refractivity contribution in [3.63, 3.8) is 0 Å². The minimum absolute atomic E-state index is 0.0743. The quantitative estimate of drug-likeness (QED) is 0.837. The number of nitrogens with one attached hydrogen (secondary N) is 1. The van der Waals surface area contributed by atoms with E-state index < -0.39 is 17.3 Å². The molecule has 0 saturated heterocycles. The van der Waals surface area contributed by atoms with E-state index in [4.69, 9.17) is 11.0 Å². The van der Waals surface area contributed by atoms with Gasteiger partial charge in [-0.3, -0.25) is 4.79 Å². The van der Waals surface area contributed by atoms with Crippen LogP contribution < -0.4 is 11.1 Å². The van der Waals surface area contributed by atoms with Crippen LogP contribution in [0.4, 0.5) is 10.1 Å². The molecule has 1 amide bonds. The first-order valence-electron chi connectivity index (χ1n) is 5.20. The highest BCUT2D eigenvalue weighted by atomic mass is 19.1. The molecule has 0 bridgehead atoms. The number of amides is 1. The molecule has 0 spiro atoms. The van der Waals surface area contributed by atoms with Crippen molar-refractivity contribution >= 4 is 11.6 Å². The number of anilines is 1. The lowest BCUT2D eigenvalue weighted by Gasteiger charge is -2.21. The molecule has 3 N–H and O–H groups in total. The van der Waals surface area contributed by atoms with Gasteiger partial charge in [-0.05, 0) is 31.5 Å². The molecule has 1 aromatic carbocycles. The van der Waals surface area contributed by atoms with Gasteiger partial charge in [-0.15, -0.1) is 0 Å². The molecule has 1 atom stereocenters. The largest absolute Gasteiger partial charge is 0.323 e. The summed E-state index contributed by atoms with van der Waals surface area (Å²) in [5.41, 5.74) is 5.09. The predicted octanol–water partition coefficient (Wildman–Crippen LogP) is 1.76. The van der Waals surface area contributed by atoms with Gasteiger partial charge in [-0.25, -0.2) is 4.39 Å². The molecule has 0 heterocycles. The van der Waals surface area contributed by atoms with Gasteiger partial charge in [0.25, 0.3) is 0 Å². The van der Waals surface area contributed by atoms with E-state index in [1.54, 1.807) is 13.8 Å². The van der Waals surface area contributed by atoms with E-state index in [2.05, 4.69) is 5.32 Å². The Morgan fingerprint density at radius 2 is 2.29 bits per heavy atom. The highest BCUT2D eigenvalue weighted by molar-refractivity contribution is 5.98. The molecule has 17 heavy (non-hydrogen) atoms. The van der Waals surface area contributed by atoms with Gasteiger partial charge in [0.2, 0.25) is 5.91 Å². The molecule has 1 rings (SSSR count). The first-order chi connectivity index (χ1) is 7.90. The lowest BCUT2D eigenvalue weighted by atomic mass is 9.99. The maximum atomic E-state index is 12.9. The Labute approximate surface area is 99.2 Å². The Hall–Kier alpha value is -1.93. The SMILES string of the molecule is CCC(C)(N)C(=O)Nc1ccc(F)cc1C#N. The van der Waals surface area contributed by atoms with Crippen LogP contribution in [0.25, 0.3) is 0 Å². The van der Waals surface area contributed by atoms with E-state index in [0.717, 1.165) is 6.07 Å². The third-order valence-corrected chi connectivity index (χ3v) is 2.60. The third-order valence-electron chi connectivity index (χ3n) is 2.60. The number of halogens is 1. The van der Waals surface area contributed by atoms with E-state index in [1.165, 1.54) is 12.1 Å². The number of benzene rings is 1. The average Bonchev–Trinajstić information content (AvgIpc) is 2.31. The maximum Gasteiger partial charge on any atom is 0.244 e. The van der Waals surface area contributed by atoms with Crippen molar-refractivity contribution in [3.8, 4) is 6.07 Å². The van der Waals surface area contributed by atoms with Gasteiger partial charge in [-0.2, -0.15) is 5.26 Å². The lowest BCUT2D eigenvalue weighted by molar-refractivity contribution is -0.120. The minimum atomic E-state index is -1.01. The van der Waals surface area contributed by atoms with Gasteiger partial charge in [0.05, 0.1) is 16.8 Å². The van der Waals surface area contributed by atoms with E-state index >= 15 is 0 Å². The van der Waals surface area contributed by atoms with Crippen LogP contribution in [0.3, 0.4) is 0 Å². The number of hydrogen-bond acceptors (Lipinski definition) is 3. The number of carbonyl (C=O) groups is 1. The molecule has 0 saturated carbocycles. The molecule has 0 aliphatic carbocycles. The van der Waals surface area contributed by atoms with Gasteiger partial charge in [0.15, 0.2) is 0 Å². The number of rotatable bonds is 3. The van der Waals surface area contributed by atoms with Crippen molar-refractivity contribution in [2.75, 3.05) is 5.32 Å². The van der Waals surface area contributed by atoms with Crippen molar-refractivity contribution in [3.05, 3.63) is 29.6 Å². The first-order valence-corrected chi connectivity index (χ1v) is 5.20. The Balaban J connectivity index is 2.97. The Bertz CT molecular complexity index is 477. The number of nitrogens with two attached hydrogens (primary N) is 1. The van der Waals surface area contributed by atoms with Gasteiger partial charge in [0.1, 0.15) is 11.9 Å². The Morgan fingerprint density at radius 3 is 2.82 bits per heavy atom. The van der Waals surface area contributed by atoms with Crippen LogP contribution in [-0.4, -0.2) is 11.4 Å². The molecule has 0 aliphatic heterocycles. The van der Waals surface area contributed by atoms with E-state index in [1.807, 2.05) is 6.07 Å². The normalized spacial score (nSPS) is 13.6. The summed E-state index contributed by atoms with van der Waals surface area (Å²) in [6.07, 6.45) is 0.460. The number of nitriles is 1. The number of hydrogen-bond donors (Lipinski definition) is 2. The van der Waals surface area contributed by atoms with Crippen molar-refractivity contribution in [1.29, 1.82) is 5.26 Å². The summed E-state index contributed by atoms with van der Waals surface area (Å²) >= 11 is 0. The molecule has 0 aliphatic rings. The topological polar surface area (TPSA) is 78.9 Å².